The van der Waals surface area contributed by atoms with Crippen LogP contribution in [0.3, 0.4) is 0 Å². The van der Waals surface area contributed by atoms with E-state index in [9.17, 15) is 0 Å². The lowest BCUT2D eigenvalue weighted by Gasteiger charge is -2.09. The highest BCUT2D eigenvalue weighted by atomic mass is 14.6. The van der Waals surface area contributed by atoms with Crippen molar-refractivity contribution in [2.24, 2.45) is 0 Å². The van der Waals surface area contributed by atoms with Gasteiger partial charge in [-0.25, -0.2) is 0 Å². The van der Waals surface area contributed by atoms with Crippen LogP contribution in [0.2, 0.25) is 0 Å². The first-order valence-corrected chi connectivity index (χ1v) is 9.50. The molecule has 0 saturated heterocycles. The van der Waals surface area contributed by atoms with Crippen molar-refractivity contribution in [2.45, 2.75) is 0 Å². The highest BCUT2D eigenvalue weighted by Gasteiger charge is 2.06. The Bertz CT molecular complexity index is 1130. The number of nitrogens with zero attached hydrogens (tertiary/aromatic N) is 1. The highest BCUT2D eigenvalue weighted by Crippen LogP contribution is 2.34. The van der Waals surface area contributed by atoms with Gasteiger partial charge in [0.05, 0.1) is 5.52 Å². The van der Waals surface area contributed by atoms with E-state index in [1.165, 1.54) is 37.7 Å². The molecule has 1 aromatic heterocycles. The number of fused-ring (bicyclic) bond motifs is 7. The van der Waals surface area contributed by atoms with Crippen molar-refractivity contribution in [1.82, 2.24) is 4.98 Å². The van der Waals surface area contributed by atoms with Crippen LogP contribution in [0.1, 0.15) is 0 Å². The summed E-state index contributed by atoms with van der Waals surface area (Å²) in [5, 5.41) is 9.24. The van der Waals surface area contributed by atoms with E-state index in [1.807, 2.05) is 30.5 Å². The summed E-state index contributed by atoms with van der Waals surface area (Å²) in [4.78, 5) is 4.18. The van der Waals surface area contributed by atoms with Crippen LogP contribution in [0.15, 0.2) is 115 Å². The molecule has 0 aliphatic carbocycles. The van der Waals surface area contributed by atoms with E-state index < -0.39 is 0 Å². The first-order chi connectivity index (χ1) is 13.9. The van der Waals surface area contributed by atoms with Crippen LogP contribution in [0.4, 0.5) is 0 Å². The van der Waals surface area contributed by atoms with Gasteiger partial charge in [0.2, 0.25) is 0 Å². The van der Waals surface area contributed by atoms with Crippen LogP contribution in [0, 0.1) is 0 Å². The van der Waals surface area contributed by atoms with Crippen molar-refractivity contribution in [2.75, 3.05) is 0 Å². The molecule has 0 fully saturated rings. The van der Waals surface area contributed by atoms with Crippen molar-refractivity contribution < 1.29 is 0 Å². The molecule has 1 heterocycles. The second-order valence-corrected chi connectivity index (χ2v) is 6.83. The molecular formula is C27H19N. The Labute approximate surface area is 163 Å². The van der Waals surface area contributed by atoms with Gasteiger partial charge in [-0.2, -0.15) is 0 Å². The van der Waals surface area contributed by atoms with E-state index in [4.69, 9.17) is 0 Å². The summed E-state index contributed by atoms with van der Waals surface area (Å²) in [5.41, 5.74) is 1.06. The first kappa shape index (κ1) is 16.5. The molecule has 1 heteroatoms. The van der Waals surface area contributed by atoms with Gasteiger partial charge < -0.3 is 0 Å². The van der Waals surface area contributed by atoms with Gasteiger partial charge in [0.15, 0.2) is 0 Å². The standard InChI is InChI=1S/C18H12.C9H7N/c1-2-8-14-13(7-1)15-9-3-4-11-17(15)18-12-6-5-10-16(14)18;1-2-6-9-8(4-1)5-3-7-10-9/h1-12H;1-7H. The lowest BCUT2D eigenvalue weighted by atomic mass is 9.95. The lowest BCUT2D eigenvalue weighted by molar-refractivity contribution is 1.41. The number of benzene rings is 5. The van der Waals surface area contributed by atoms with Crippen LogP contribution >= 0.6 is 0 Å². The predicted octanol–water partition coefficient (Wildman–Crippen LogP) is 7.38. The van der Waals surface area contributed by atoms with Crippen LogP contribution in [0.25, 0.3) is 43.2 Å². The number of hydrogen-bond donors (Lipinski definition) is 0. The van der Waals surface area contributed by atoms with Crippen LogP contribution in [-0.4, -0.2) is 4.98 Å². The van der Waals surface area contributed by atoms with Gasteiger partial charge in [-0.05, 0) is 44.5 Å². The van der Waals surface area contributed by atoms with Crippen LogP contribution in [-0.2, 0) is 0 Å². The summed E-state index contributed by atoms with van der Waals surface area (Å²) < 4.78 is 0. The predicted molar refractivity (Wildman–Crippen MR) is 121 cm³/mol. The summed E-state index contributed by atoms with van der Waals surface area (Å²) in [6.45, 7) is 0. The lowest BCUT2D eigenvalue weighted by Crippen LogP contribution is -1.81. The van der Waals surface area contributed by atoms with Gasteiger partial charge in [-0.15, -0.1) is 0 Å². The molecule has 0 aliphatic rings. The van der Waals surface area contributed by atoms with Gasteiger partial charge >= 0.3 is 0 Å². The maximum absolute atomic E-state index is 4.18. The smallest absolute Gasteiger partial charge is 0.0701 e. The molecule has 6 rings (SSSR count). The van der Waals surface area contributed by atoms with E-state index in [2.05, 4.69) is 89.9 Å². The largest absolute Gasteiger partial charge is 0.256 e. The zero-order chi connectivity index (χ0) is 18.8. The molecule has 0 atom stereocenters. The molecule has 0 spiro atoms. The summed E-state index contributed by atoms with van der Waals surface area (Å²) in [7, 11) is 0. The highest BCUT2D eigenvalue weighted by molar-refractivity contribution is 6.25. The molecule has 0 bridgehead atoms. The zero-order valence-electron chi connectivity index (χ0n) is 15.4. The van der Waals surface area contributed by atoms with Crippen molar-refractivity contribution >= 4 is 43.2 Å². The van der Waals surface area contributed by atoms with E-state index in [0.29, 0.717) is 0 Å². The molecule has 28 heavy (non-hydrogen) atoms. The van der Waals surface area contributed by atoms with Crippen molar-refractivity contribution in [3.63, 3.8) is 0 Å². The molecular weight excluding hydrogens is 338 g/mol. The molecule has 0 unspecified atom stereocenters. The van der Waals surface area contributed by atoms with Crippen molar-refractivity contribution in [3.05, 3.63) is 115 Å². The molecule has 0 N–H and O–H groups in total. The van der Waals surface area contributed by atoms with E-state index in [1.54, 1.807) is 0 Å². The van der Waals surface area contributed by atoms with Crippen LogP contribution < -0.4 is 0 Å². The monoisotopic (exact) mass is 357 g/mol. The Morgan fingerprint density at radius 2 is 0.714 bits per heavy atom. The average Bonchev–Trinajstić information content (AvgIpc) is 2.80. The fourth-order valence-electron chi connectivity index (χ4n) is 3.87. The Kier molecular flexibility index (Phi) is 4.19. The van der Waals surface area contributed by atoms with Gasteiger partial charge in [0.1, 0.15) is 0 Å². The van der Waals surface area contributed by atoms with E-state index in [-0.39, 0.29) is 0 Å². The Hall–Kier alpha value is -3.71. The normalized spacial score (nSPS) is 10.9. The second kappa shape index (κ2) is 7.13. The third-order valence-corrected chi connectivity index (χ3v) is 5.16. The number of para-hydroxylation sites is 1. The molecule has 1 nitrogen and oxygen atoms in total. The van der Waals surface area contributed by atoms with Crippen molar-refractivity contribution in [1.29, 1.82) is 0 Å². The van der Waals surface area contributed by atoms with Crippen molar-refractivity contribution in [3.8, 4) is 0 Å². The minimum atomic E-state index is 1.06. The maximum Gasteiger partial charge on any atom is 0.0701 e. The fourth-order valence-corrected chi connectivity index (χ4v) is 3.87. The minimum absolute atomic E-state index is 1.06. The summed E-state index contributed by atoms with van der Waals surface area (Å²) >= 11 is 0. The SMILES string of the molecule is c1ccc2c(c1)c1ccccc1c1ccccc21.c1ccc2ncccc2c1. The molecule has 132 valence electrons. The molecule has 0 aliphatic heterocycles. The maximum atomic E-state index is 4.18. The van der Waals surface area contributed by atoms with E-state index >= 15 is 0 Å². The molecule has 6 aromatic rings. The number of pyridine rings is 1. The second-order valence-electron chi connectivity index (χ2n) is 6.83. The fraction of sp³-hybridized carbons (Fsp3) is 0. The third kappa shape index (κ3) is 2.87. The van der Waals surface area contributed by atoms with Gasteiger partial charge in [0, 0.05) is 11.6 Å². The Morgan fingerprint density at radius 3 is 1.14 bits per heavy atom. The van der Waals surface area contributed by atoms with Crippen LogP contribution in [0.5, 0.6) is 0 Å². The Morgan fingerprint density at radius 1 is 0.357 bits per heavy atom. The number of hydrogen-bond acceptors (Lipinski definition) is 1. The number of aromatic nitrogens is 1. The summed E-state index contributed by atoms with van der Waals surface area (Å²) in [6.07, 6.45) is 1.81. The average molecular weight is 357 g/mol. The molecule has 5 aromatic carbocycles. The summed E-state index contributed by atoms with van der Waals surface area (Å²) in [6, 6.07) is 38.0. The molecule has 0 radical (unpaired) electrons. The Balaban J connectivity index is 0.000000145. The summed E-state index contributed by atoms with van der Waals surface area (Å²) in [5.74, 6) is 0. The molecule has 0 amide bonds. The third-order valence-electron chi connectivity index (χ3n) is 5.16. The zero-order valence-corrected chi connectivity index (χ0v) is 15.4. The van der Waals surface area contributed by atoms with Gasteiger partial charge in [-0.3, -0.25) is 4.98 Å². The number of rotatable bonds is 0. The van der Waals surface area contributed by atoms with Gasteiger partial charge in [0.25, 0.3) is 0 Å². The quantitative estimate of drug-likeness (QED) is 0.258. The van der Waals surface area contributed by atoms with Gasteiger partial charge in [-0.1, -0.05) is 97.1 Å². The van der Waals surface area contributed by atoms with E-state index in [0.717, 1.165) is 5.52 Å². The molecule has 0 saturated carbocycles. The topological polar surface area (TPSA) is 12.9 Å². The minimum Gasteiger partial charge on any atom is -0.256 e. The first-order valence-electron chi connectivity index (χ1n) is 9.50.